The second-order valence-electron chi connectivity index (χ2n) is 2.97. The van der Waals surface area contributed by atoms with Gasteiger partial charge in [-0.15, -0.1) is 0 Å². The van der Waals surface area contributed by atoms with Crippen molar-refractivity contribution in [2.75, 3.05) is 26.6 Å². The SMILES string of the molecule is COP(=O)(OC)OCCSC(=O)C(C)C. The molecule has 5 nitrogen and oxygen atoms in total. The van der Waals surface area contributed by atoms with Crippen molar-refractivity contribution >= 4 is 24.7 Å². The Kier molecular flexibility index (Phi) is 7.48. The Bertz CT molecular complexity index is 235. The molecule has 15 heavy (non-hydrogen) atoms. The smallest absolute Gasteiger partial charge is 0.290 e. The summed E-state index contributed by atoms with van der Waals surface area (Å²) in [4.78, 5) is 11.2. The van der Waals surface area contributed by atoms with Crippen LogP contribution in [0.4, 0.5) is 0 Å². The third kappa shape index (κ3) is 6.33. The van der Waals surface area contributed by atoms with Crippen molar-refractivity contribution in [1.29, 1.82) is 0 Å². The first-order valence-electron chi connectivity index (χ1n) is 4.48. The van der Waals surface area contributed by atoms with Crippen LogP contribution < -0.4 is 0 Å². The maximum absolute atomic E-state index is 11.4. The van der Waals surface area contributed by atoms with E-state index in [0.29, 0.717) is 5.75 Å². The lowest BCUT2D eigenvalue weighted by Crippen LogP contribution is -2.05. The molecule has 0 aromatic heterocycles. The lowest BCUT2D eigenvalue weighted by atomic mass is 10.3. The maximum Gasteiger partial charge on any atom is 0.474 e. The fraction of sp³-hybridized carbons (Fsp3) is 0.875. The Morgan fingerprint density at radius 1 is 1.33 bits per heavy atom. The number of hydrogen-bond acceptors (Lipinski definition) is 6. The van der Waals surface area contributed by atoms with Crippen LogP contribution in [0.5, 0.6) is 0 Å². The second-order valence-corrected chi connectivity index (χ2v) is 5.95. The fourth-order valence-corrected chi connectivity index (χ4v) is 2.14. The van der Waals surface area contributed by atoms with E-state index in [1.165, 1.54) is 14.2 Å². The zero-order chi connectivity index (χ0) is 11.9. The third-order valence-electron chi connectivity index (χ3n) is 1.50. The highest BCUT2D eigenvalue weighted by Crippen LogP contribution is 2.47. The molecular weight excluding hydrogens is 239 g/mol. The highest BCUT2D eigenvalue weighted by molar-refractivity contribution is 8.13. The van der Waals surface area contributed by atoms with Gasteiger partial charge in [-0.2, -0.15) is 0 Å². The molecule has 0 atom stereocenters. The van der Waals surface area contributed by atoms with Crippen molar-refractivity contribution in [2.45, 2.75) is 13.8 Å². The number of hydrogen-bond donors (Lipinski definition) is 0. The van der Waals surface area contributed by atoms with Gasteiger partial charge in [-0.25, -0.2) is 4.57 Å². The molecule has 0 spiro atoms. The molecule has 0 aromatic carbocycles. The van der Waals surface area contributed by atoms with Crippen molar-refractivity contribution in [2.24, 2.45) is 5.92 Å². The molecule has 0 bridgehead atoms. The lowest BCUT2D eigenvalue weighted by molar-refractivity contribution is -0.113. The Hall–Kier alpha value is 0.130. The van der Waals surface area contributed by atoms with Gasteiger partial charge in [0.1, 0.15) is 0 Å². The molecule has 0 amide bonds. The molecular formula is C8H17O5PS. The summed E-state index contributed by atoms with van der Waals surface area (Å²) < 4.78 is 25.4. The average molecular weight is 256 g/mol. The van der Waals surface area contributed by atoms with Crippen LogP contribution in [0.1, 0.15) is 13.8 Å². The molecule has 0 fully saturated rings. The summed E-state index contributed by atoms with van der Waals surface area (Å²) in [5.74, 6) is 0.430. The summed E-state index contributed by atoms with van der Waals surface area (Å²) in [6.45, 7) is 3.80. The predicted octanol–water partition coefficient (Wildman–Crippen LogP) is 2.32. The molecule has 0 saturated carbocycles. The Morgan fingerprint density at radius 2 is 1.87 bits per heavy atom. The van der Waals surface area contributed by atoms with Crippen LogP contribution in [0.25, 0.3) is 0 Å². The molecule has 7 heteroatoms. The molecule has 0 aliphatic carbocycles. The Morgan fingerprint density at radius 3 is 2.27 bits per heavy atom. The van der Waals surface area contributed by atoms with Crippen LogP contribution in [0, 0.1) is 5.92 Å². The van der Waals surface area contributed by atoms with Crippen LogP contribution in [-0.2, 0) is 22.9 Å². The van der Waals surface area contributed by atoms with Gasteiger partial charge in [0.15, 0.2) is 5.12 Å². The van der Waals surface area contributed by atoms with Gasteiger partial charge in [0, 0.05) is 25.9 Å². The standard InChI is InChI=1S/C8H17O5PS/c1-7(2)8(9)15-6-5-13-14(10,11-3)12-4/h7H,5-6H2,1-4H3. The molecule has 0 aliphatic rings. The molecule has 0 radical (unpaired) electrons. The van der Waals surface area contributed by atoms with Gasteiger partial charge in [-0.3, -0.25) is 18.4 Å². The minimum Gasteiger partial charge on any atom is -0.290 e. The van der Waals surface area contributed by atoms with E-state index >= 15 is 0 Å². The summed E-state index contributed by atoms with van der Waals surface area (Å²) in [5, 5.41) is 0.0864. The third-order valence-corrected chi connectivity index (χ3v) is 4.02. The van der Waals surface area contributed by atoms with Crippen LogP contribution in [0.2, 0.25) is 0 Å². The number of carbonyl (C=O) groups is 1. The van der Waals surface area contributed by atoms with Crippen LogP contribution in [-0.4, -0.2) is 31.7 Å². The van der Waals surface area contributed by atoms with E-state index in [9.17, 15) is 9.36 Å². The Labute approximate surface area is 94.5 Å². The van der Waals surface area contributed by atoms with Crippen molar-refractivity contribution in [1.82, 2.24) is 0 Å². The second kappa shape index (κ2) is 7.41. The molecule has 0 N–H and O–H groups in total. The number of thioether (sulfide) groups is 1. The molecule has 0 rings (SSSR count). The van der Waals surface area contributed by atoms with E-state index in [1.54, 1.807) is 0 Å². The summed E-state index contributed by atoms with van der Waals surface area (Å²) in [6, 6.07) is 0. The van der Waals surface area contributed by atoms with E-state index in [0.717, 1.165) is 11.8 Å². The highest BCUT2D eigenvalue weighted by atomic mass is 32.2. The quantitative estimate of drug-likeness (QED) is 0.514. The van der Waals surface area contributed by atoms with Crippen molar-refractivity contribution in [3.8, 4) is 0 Å². The van der Waals surface area contributed by atoms with E-state index < -0.39 is 7.82 Å². The largest absolute Gasteiger partial charge is 0.474 e. The average Bonchev–Trinajstić information content (AvgIpc) is 2.23. The van der Waals surface area contributed by atoms with E-state index in [-0.39, 0.29) is 17.6 Å². The minimum atomic E-state index is -3.39. The maximum atomic E-state index is 11.4. The van der Waals surface area contributed by atoms with Crippen LogP contribution in [0.15, 0.2) is 0 Å². The predicted molar refractivity (Wildman–Crippen MR) is 59.9 cm³/mol. The molecule has 0 aromatic rings. The summed E-state index contributed by atoms with van der Waals surface area (Å²) in [7, 11) is -0.896. The van der Waals surface area contributed by atoms with E-state index in [2.05, 4.69) is 9.05 Å². The normalized spacial score (nSPS) is 12.1. The molecule has 0 unspecified atom stereocenters. The van der Waals surface area contributed by atoms with Crippen LogP contribution >= 0.6 is 19.6 Å². The van der Waals surface area contributed by atoms with Crippen LogP contribution in [0.3, 0.4) is 0 Å². The Balaban J connectivity index is 3.71. The topological polar surface area (TPSA) is 61.8 Å². The number of rotatable bonds is 7. The van der Waals surface area contributed by atoms with Crippen molar-refractivity contribution in [3.05, 3.63) is 0 Å². The van der Waals surface area contributed by atoms with Gasteiger partial charge in [-0.05, 0) is 0 Å². The first kappa shape index (κ1) is 15.1. The lowest BCUT2D eigenvalue weighted by Gasteiger charge is -2.12. The number of phosphoric ester groups is 1. The van der Waals surface area contributed by atoms with Gasteiger partial charge in [0.25, 0.3) is 0 Å². The van der Waals surface area contributed by atoms with Gasteiger partial charge >= 0.3 is 7.82 Å². The molecule has 0 saturated heterocycles. The van der Waals surface area contributed by atoms with Gasteiger partial charge in [0.2, 0.25) is 0 Å². The summed E-state index contributed by atoms with van der Waals surface area (Å²) in [6.07, 6.45) is 0. The van der Waals surface area contributed by atoms with Crippen molar-refractivity contribution < 1.29 is 22.9 Å². The van der Waals surface area contributed by atoms with E-state index in [4.69, 9.17) is 4.52 Å². The van der Waals surface area contributed by atoms with Gasteiger partial charge < -0.3 is 0 Å². The summed E-state index contributed by atoms with van der Waals surface area (Å²) in [5.41, 5.74) is 0. The highest BCUT2D eigenvalue weighted by Gasteiger charge is 2.22. The zero-order valence-corrected chi connectivity index (χ0v) is 11.1. The van der Waals surface area contributed by atoms with Gasteiger partial charge in [-0.1, -0.05) is 25.6 Å². The molecule has 90 valence electrons. The first-order valence-corrected chi connectivity index (χ1v) is 6.92. The number of carbonyl (C=O) groups excluding carboxylic acids is 1. The monoisotopic (exact) mass is 256 g/mol. The first-order chi connectivity index (χ1) is 6.95. The minimum absolute atomic E-state index is 0.00773. The van der Waals surface area contributed by atoms with Crippen molar-refractivity contribution in [3.63, 3.8) is 0 Å². The molecule has 0 aliphatic heterocycles. The summed E-state index contributed by atoms with van der Waals surface area (Å²) >= 11 is 1.15. The van der Waals surface area contributed by atoms with E-state index in [1.807, 2.05) is 13.8 Å². The number of phosphoric acid groups is 1. The van der Waals surface area contributed by atoms with Gasteiger partial charge in [0.05, 0.1) is 6.61 Å². The fourth-order valence-electron chi connectivity index (χ4n) is 0.638. The molecule has 0 heterocycles. The zero-order valence-electron chi connectivity index (χ0n) is 9.39.